The number of carbonyl (C=O) groups is 1. The SMILES string of the molecule is CC[C@H](O)c1ccc(OCC(=O)Nc2ccc(N(C)C)nc2)cc1. The maximum absolute atomic E-state index is 11.9. The van der Waals surface area contributed by atoms with Gasteiger partial charge >= 0.3 is 0 Å². The first-order chi connectivity index (χ1) is 11.5. The Balaban J connectivity index is 1.84. The highest BCUT2D eigenvalue weighted by atomic mass is 16.5. The zero-order chi connectivity index (χ0) is 17.5. The maximum Gasteiger partial charge on any atom is 0.262 e. The Morgan fingerprint density at radius 1 is 1.25 bits per heavy atom. The number of aliphatic hydroxyl groups excluding tert-OH is 1. The topological polar surface area (TPSA) is 74.7 Å². The summed E-state index contributed by atoms with van der Waals surface area (Å²) in [6, 6.07) is 10.7. The van der Waals surface area contributed by atoms with E-state index in [0.717, 1.165) is 11.4 Å². The summed E-state index contributed by atoms with van der Waals surface area (Å²) in [5.74, 6) is 1.14. The first-order valence-electron chi connectivity index (χ1n) is 7.83. The van der Waals surface area contributed by atoms with Gasteiger partial charge in [-0.25, -0.2) is 4.98 Å². The van der Waals surface area contributed by atoms with E-state index in [1.54, 1.807) is 36.5 Å². The van der Waals surface area contributed by atoms with Gasteiger partial charge in [0.25, 0.3) is 5.91 Å². The average molecular weight is 329 g/mol. The summed E-state index contributed by atoms with van der Waals surface area (Å²) in [5.41, 5.74) is 1.46. The van der Waals surface area contributed by atoms with Crippen molar-refractivity contribution in [1.82, 2.24) is 4.98 Å². The smallest absolute Gasteiger partial charge is 0.262 e. The second-order valence-electron chi connectivity index (χ2n) is 5.63. The Kier molecular flexibility index (Phi) is 6.14. The molecule has 2 aromatic rings. The molecule has 24 heavy (non-hydrogen) atoms. The lowest BCUT2D eigenvalue weighted by atomic mass is 10.1. The third kappa shape index (κ3) is 4.96. The predicted molar refractivity (Wildman–Crippen MR) is 94.4 cm³/mol. The molecule has 128 valence electrons. The molecule has 6 nitrogen and oxygen atoms in total. The van der Waals surface area contributed by atoms with Crippen molar-refractivity contribution in [2.75, 3.05) is 30.9 Å². The minimum atomic E-state index is -0.472. The number of aromatic nitrogens is 1. The summed E-state index contributed by atoms with van der Waals surface area (Å²) in [6.07, 6.45) is 1.79. The molecule has 0 saturated carbocycles. The van der Waals surface area contributed by atoms with E-state index in [0.29, 0.717) is 17.9 Å². The van der Waals surface area contributed by atoms with E-state index in [4.69, 9.17) is 4.74 Å². The largest absolute Gasteiger partial charge is 0.484 e. The molecular weight excluding hydrogens is 306 g/mol. The second kappa shape index (κ2) is 8.31. The lowest BCUT2D eigenvalue weighted by molar-refractivity contribution is -0.118. The predicted octanol–water partition coefficient (Wildman–Crippen LogP) is 2.61. The van der Waals surface area contributed by atoms with E-state index in [1.807, 2.05) is 32.0 Å². The summed E-state index contributed by atoms with van der Waals surface area (Å²) in [5, 5.41) is 12.5. The van der Waals surface area contributed by atoms with Crippen LogP contribution in [0.1, 0.15) is 25.0 Å². The van der Waals surface area contributed by atoms with Crippen LogP contribution in [0.4, 0.5) is 11.5 Å². The first kappa shape index (κ1) is 17.7. The fourth-order valence-electron chi connectivity index (χ4n) is 2.09. The normalized spacial score (nSPS) is 11.7. The number of pyridine rings is 1. The molecule has 1 atom stereocenters. The number of hydrogen-bond acceptors (Lipinski definition) is 5. The molecule has 0 unspecified atom stereocenters. The summed E-state index contributed by atoms with van der Waals surface area (Å²) >= 11 is 0. The molecule has 1 aromatic heterocycles. The summed E-state index contributed by atoms with van der Waals surface area (Å²) in [4.78, 5) is 18.0. The van der Waals surface area contributed by atoms with Gasteiger partial charge in [0, 0.05) is 14.1 Å². The highest BCUT2D eigenvalue weighted by molar-refractivity contribution is 5.91. The van der Waals surface area contributed by atoms with Crippen LogP contribution in [-0.2, 0) is 4.79 Å². The van der Waals surface area contributed by atoms with Gasteiger partial charge in [-0.15, -0.1) is 0 Å². The number of amides is 1. The van der Waals surface area contributed by atoms with Crippen molar-refractivity contribution < 1.29 is 14.6 Å². The van der Waals surface area contributed by atoms with Crippen LogP contribution in [-0.4, -0.2) is 36.7 Å². The summed E-state index contributed by atoms with van der Waals surface area (Å²) in [7, 11) is 3.80. The number of nitrogens with zero attached hydrogens (tertiary/aromatic N) is 2. The molecule has 1 aromatic carbocycles. The van der Waals surface area contributed by atoms with Crippen LogP contribution in [0.25, 0.3) is 0 Å². The molecule has 1 heterocycles. The number of aliphatic hydroxyl groups is 1. The van der Waals surface area contributed by atoms with Gasteiger partial charge in [-0.05, 0) is 36.2 Å². The van der Waals surface area contributed by atoms with Crippen LogP contribution in [0.3, 0.4) is 0 Å². The highest BCUT2D eigenvalue weighted by Gasteiger charge is 2.07. The van der Waals surface area contributed by atoms with Crippen molar-refractivity contribution in [3.63, 3.8) is 0 Å². The maximum atomic E-state index is 11.9. The number of hydrogen-bond donors (Lipinski definition) is 2. The number of ether oxygens (including phenoxy) is 1. The van der Waals surface area contributed by atoms with Gasteiger partial charge in [-0.1, -0.05) is 19.1 Å². The van der Waals surface area contributed by atoms with Crippen LogP contribution in [0.15, 0.2) is 42.6 Å². The van der Waals surface area contributed by atoms with Gasteiger partial charge in [0.15, 0.2) is 6.61 Å². The van der Waals surface area contributed by atoms with Gasteiger partial charge in [0.1, 0.15) is 11.6 Å². The third-order valence-corrected chi connectivity index (χ3v) is 3.51. The first-order valence-corrected chi connectivity index (χ1v) is 7.83. The van der Waals surface area contributed by atoms with E-state index in [2.05, 4.69) is 10.3 Å². The summed E-state index contributed by atoms with van der Waals surface area (Å²) < 4.78 is 5.45. The van der Waals surface area contributed by atoms with Crippen molar-refractivity contribution in [3.8, 4) is 5.75 Å². The lowest BCUT2D eigenvalue weighted by Crippen LogP contribution is -2.20. The van der Waals surface area contributed by atoms with Gasteiger partial charge < -0.3 is 20.1 Å². The molecule has 6 heteroatoms. The lowest BCUT2D eigenvalue weighted by Gasteiger charge is -2.12. The van der Waals surface area contributed by atoms with E-state index in [1.165, 1.54) is 0 Å². The highest BCUT2D eigenvalue weighted by Crippen LogP contribution is 2.19. The molecule has 0 bridgehead atoms. The van der Waals surface area contributed by atoms with E-state index in [9.17, 15) is 9.90 Å². The molecule has 0 aliphatic carbocycles. The third-order valence-electron chi connectivity index (χ3n) is 3.51. The van der Waals surface area contributed by atoms with Crippen LogP contribution in [0.5, 0.6) is 5.75 Å². The standard InChI is InChI=1S/C18H23N3O3/c1-4-16(22)13-5-8-15(9-6-13)24-12-18(23)20-14-7-10-17(19-11-14)21(2)3/h5-11,16,22H,4,12H2,1-3H3,(H,20,23)/t16-/m0/s1. The van der Waals surface area contributed by atoms with Crippen LogP contribution in [0, 0.1) is 0 Å². The average Bonchev–Trinajstić information content (AvgIpc) is 2.60. The molecule has 0 spiro atoms. The van der Waals surface area contributed by atoms with Gasteiger partial charge in [0.2, 0.25) is 0 Å². The van der Waals surface area contributed by atoms with E-state index < -0.39 is 6.10 Å². The summed E-state index contributed by atoms with van der Waals surface area (Å²) in [6.45, 7) is 1.82. The molecular formula is C18H23N3O3. The number of anilines is 2. The monoisotopic (exact) mass is 329 g/mol. The Hall–Kier alpha value is -2.60. The molecule has 1 amide bonds. The fourth-order valence-corrected chi connectivity index (χ4v) is 2.09. The molecule has 2 N–H and O–H groups in total. The Bertz CT molecular complexity index is 654. The van der Waals surface area contributed by atoms with Crippen LogP contribution < -0.4 is 15.0 Å². The zero-order valence-electron chi connectivity index (χ0n) is 14.2. The van der Waals surface area contributed by atoms with Crippen molar-refractivity contribution in [3.05, 3.63) is 48.2 Å². The quantitative estimate of drug-likeness (QED) is 0.817. The van der Waals surface area contributed by atoms with Crippen molar-refractivity contribution in [1.29, 1.82) is 0 Å². The molecule has 0 saturated heterocycles. The van der Waals surface area contributed by atoms with E-state index in [-0.39, 0.29) is 12.5 Å². The second-order valence-corrected chi connectivity index (χ2v) is 5.63. The van der Waals surface area contributed by atoms with Gasteiger partial charge in [-0.3, -0.25) is 4.79 Å². The number of benzene rings is 1. The minimum absolute atomic E-state index is 0.0922. The fraction of sp³-hybridized carbons (Fsp3) is 0.333. The van der Waals surface area contributed by atoms with Crippen molar-refractivity contribution in [2.45, 2.75) is 19.4 Å². The van der Waals surface area contributed by atoms with Crippen LogP contribution >= 0.6 is 0 Å². The number of nitrogens with one attached hydrogen (secondary N) is 1. The molecule has 0 aliphatic heterocycles. The molecule has 0 fully saturated rings. The Morgan fingerprint density at radius 3 is 2.50 bits per heavy atom. The van der Waals surface area contributed by atoms with Crippen molar-refractivity contribution >= 4 is 17.4 Å². The Labute approximate surface area is 142 Å². The van der Waals surface area contributed by atoms with Gasteiger partial charge in [-0.2, -0.15) is 0 Å². The zero-order valence-corrected chi connectivity index (χ0v) is 14.2. The molecule has 2 rings (SSSR count). The Morgan fingerprint density at radius 2 is 1.96 bits per heavy atom. The molecule has 0 radical (unpaired) electrons. The minimum Gasteiger partial charge on any atom is -0.484 e. The number of carbonyl (C=O) groups excluding carboxylic acids is 1. The van der Waals surface area contributed by atoms with Crippen LogP contribution in [0.2, 0.25) is 0 Å². The van der Waals surface area contributed by atoms with Crippen molar-refractivity contribution in [2.24, 2.45) is 0 Å². The van der Waals surface area contributed by atoms with Gasteiger partial charge in [0.05, 0.1) is 18.0 Å². The van der Waals surface area contributed by atoms with E-state index >= 15 is 0 Å². The number of rotatable bonds is 7. The molecule has 0 aliphatic rings.